The van der Waals surface area contributed by atoms with Gasteiger partial charge in [-0.1, -0.05) is 80.6 Å². The van der Waals surface area contributed by atoms with E-state index in [-0.39, 0.29) is 0 Å². The zero-order valence-corrected chi connectivity index (χ0v) is 17.6. The molecule has 0 aliphatic carbocycles. The lowest BCUT2D eigenvalue weighted by Gasteiger charge is -2.39. The van der Waals surface area contributed by atoms with Crippen LogP contribution in [0.15, 0.2) is 78.9 Å². The first-order valence-corrected chi connectivity index (χ1v) is 11.1. The van der Waals surface area contributed by atoms with Crippen molar-refractivity contribution < 1.29 is 4.74 Å². The lowest BCUT2D eigenvalue weighted by molar-refractivity contribution is 0.434. The summed E-state index contributed by atoms with van der Waals surface area (Å²) in [5, 5.41) is 6.40. The minimum atomic E-state index is 0.340. The van der Waals surface area contributed by atoms with Gasteiger partial charge in [-0.15, -0.1) is 0 Å². The molecule has 2 bridgehead atoms. The summed E-state index contributed by atoms with van der Waals surface area (Å²) in [6, 6.07) is 28.8. The molecule has 0 aromatic heterocycles. The van der Waals surface area contributed by atoms with Gasteiger partial charge in [0.2, 0.25) is 0 Å². The van der Waals surface area contributed by atoms with Crippen molar-refractivity contribution >= 4 is 22.2 Å². The van der Waals surface area contributed by atoms with Gasteiger partial charge >= 0.3 is 0 Å². The third-order valence-corrected chi connectivity index (χ3v) is 7.50. The molecule has 31 heavy (non-hydrogen) atoms. The Bertz CT molecular complexity index is 1420. The molecule has 1 N–H and O–H groups in total. The second-order valence-corrected chi connectivity index (χ2v) is 9.11. The van der Waals surface area contributed by atoms with Crippen molar-refractivity contribution in [2.24, 2.45) is 0 Å². The largest absolute Gasteiger partial charge is 0.454 e. The molecule has 0 fully saturated rings. The first-order chi connectivity index (χ1) is 15.2. The third kappa shape index (κ3) is 2.22. The molecule has 0 radical (unpaired) electrons. The highest BCUT2D eigenvalue weighted by Gasteiger charge is 2.41. The first kappa shape index (κ1) is 17.2. The predicted molar refractivity (Wildman–Crippen MR) is 127 cm³/mol. The topological polar surface area (TPSA) is 21.3 Å². The van der Waals surface area contributed by atoms with Crippen LogP contribution in [0, 0.1) is 0 Å². The van der Waals surface area contributed by atoms with Gasteiger partial charge in [0.15, 0.2) is 5.76 Å². The van der Waals surface area contributed by atoms with E-state index in [1.807, 2.05) is 0 Å². The molecule has 0 amide bonds. The molecule has 3 aliphatic heterocycles. The van der Waals surface area contributed by atoms with Crippen LogP contribution in [0.25, 0.3) is 33.4 Å². The number of hydrogen-bond acceptors (Lipinski definition) is 2. The lowest BCUT2D eigenvalue weighted by Crippen LogP contribution is -2.41. The second kappa shape index (κ2) is 6.01. The van der Waals surface area contributed by atoms with Crippen LogP contribution in [0.2, 0.25) is 0 Å². The minimum absolute atomic E-state index is 0.340. The van der Waals surface area contributed by atoms with E-state index in [4.69, 9.17) is 4.74 Å². The van der Waals surface area contributed by atoms with Crippen molar-refractivity contribution in [3.63, 3.8) is 0 Å². The lowest BCUT2D eigenvalue weighted by atomic mass is 9.77. The average Bonchev–Trinajstić information content (AvgIpc) is 2.93. The van der Waals surface area contributed by atoms with Crippen LogP contribution >= 0.6 is 0 Å². The smallest absolute Gasteiger partial charge is 0.158 e. The van der Waals surface area contributed by atoms with Gasteiger partial charge in [0, 0.05) is 34.4 Å². The average molecular weight is 402 g/mol. The van der Waals surface area contributed by atoms with Crippen LogP contribution in [-0.2, 0) is 0 Å². The molecule has 0 spiro atoms. The van der Waals surface area contributed by atoms with Crippen LogP contribution in [0.4, 0.5) is 0 Å². The van der Waals surface area contributed by atoms with Crippen molar-refractivity contribution in [1.82, 2.24) is 5.32 Å². The molecular formula is C29H23NO. The zero-order valence-electron chi connectivity index (χ0n) is 17.6. The molecule has 4 aromatic carbocycles. The van der Waals surface area contributed by atoms with E-state index < -0.39 is 0 Å². The van der Waals surface area contributed by atoms with Crippen LogP contribution in [0.3, 0.4) is 0 Å². The molecule has 2 nitrogen and oxygen atoms in total. The normalized spacial score (nSPS) is 22.6. The Morgan fingerprint density at radius 3 is 2.42 bits per heavy atom. The molecule has 0 saturated carbocycles. The van der Waals surface area contributed by atoms with Gasteiger partial charge < -0.3 is 10.1 Å². The Balaban J connectivity index is 1.57. The minimum Gasteiger partial charge on any atom is -0.454 e. The summed E-state index contributed by atoms with van der Waals surface area (Å²) in [6.07, 6.45) is 0. The molecule has 3 heterocycles. The number of ether oxygens (including phenoxy) is 1. The molecular weight excluding hydrogens is 378 g/mol. The number of hydrogen-bond donors (Lipinski definition) is 1. The fraction of sp³-hybridized carbons (Fsp3) is 0.172. The maximum atomic E-state index is 6.68. The summed E-state index contributed by atoms with van der Waals surface area (Å²) < 4.78 is 6.68. The summed E-state index contributed by atoms with van der Waals surface area (Å²) in [7, 11) is 0. The van der Waals surface area contributed by atoms with Gasteiger partial charge in [-0.25, -0.2) is 0 Å². The van der Waals surface area contributed by atoms with Gasteiger partial charge in [0.1, 0.15) is 5.75 Å². The molecule has 3 unspecified atom stereocenters. The van der Waals surface area contributed by atoms with Gasteiger partial charge in [-0.2, -0.15) is 0 Å². The van der Waals surface area contributed by atoms with Crippen molar-refractivity contribution in [1.29, 1.82) is 0 Å². The van der Waals surface area contributed by atoms with Gasteiger partial charge in [0.05, 0.1) is 5.70 Å². The molecule has 7 rings (SSSR count). The van der Waals surface area contributed by atoms with Crippen molar-refractivity contribution in [2.45, 2.75) is 31.7 Å². The van der Waals surface area contributed by atoms with Crippen LogP contribution in [0.1, 0.15) is 47.9 Å². The molecule has 3 atom stereocenters. The summed E-state index contributed by atoms with van der Waals surface area (Å²) in [6.45, 7) is 4.72. The fourth-order valence-electron chi connectivity index (χ4n) is 5.89. The fourth-order valence-corrected chi connectivity index (χ4v) is 5.89. The molecule has 150 valence electrons. The van der Waals surface area contributed by atoms with E-state index in [0.717, 1.165) is 11.5 Å². The van der Waals surface area contributed by atoms with E-state index in [9.17, 15) is 0 Å². The summed E-state index contributed by atoms with van der Waals surface area (Å²) in [5.41, 5.74) is 8.97. The molecule has 3 aliphatic rings. The van der Waals surface area contributed by atoms with Crippen molar-refractivity contribution in [3.8, 4) is 16.9 Å². The number of fused-ring (bicyclic) bond motifs is 3. The summed E-state index contributed by atoms with van der Waals surface area (Å²) in [4.78, 5) is 0. The van der Waals surface area contributed by atoms with Crippen LogP contribution in [-0.4, -0.2) is 6.04 Å². The highest BCUT2D eigenvalue weighted by Crippen LogP contribution is 2.52. The SMILES string of the molecule is CC1c2ccc(-c3ccccc3)cc2C2=C3NC1C(C)c1ccc4cccc(c4c13)O2. The van der Waals surface area contributed by atoms with Crippen molar-refractivity contribution in [2.75, 3.05) is 0 Å². The second-order valence-electron chi connectivity index (χ2n) is 9.11. The maximum absolute atomic E-state index is 6.68. The highest BCUT2D eigenvalue weighted by atomic mass is 16.5. The monoisotopic (exact) mass is 401 g/mol. The number of nitrogens with one attached hydrogen (secondary N) is 1. The van der Waals surface area contributed by atoms with E-state index in [2.05, 4.69) is 98.0 Å². The zero-order chi connectivity index (χ0) is 20.7. The standard InChI is InChI=1S/C29H23NO/c1-16-21-13-12-20(18-7-4-3-5-8-18)15-23(21)29-28-26-22(17(2)27(16)30-28)14-11-19-9-6-10-24(31-29)25(19)26/h3-17,27,30H,1-2H3. The van der Waals surface area contributed by atoms with Crippen molar-refractivity contribution in [3.05, 3.63) is 101 Å². The number of rotatable bonds is 1. The van der Waals surface area contributed by atoms with E-state index in [0.29, 0.717) is 17.9 Å². The van der Waals surface area contributed by atoms with Gasteiger partial charge in [-0.3, -0.25) is 0 Å². The van der Waals surface area contributed by atoms with Crippen LogP contribution < -0.4 is 10.1 Å². The molecule has 4 aromatic rings. The first-order valence-electron chi connectivity index (χ1n) is 11.1. The number of benzene rings is 4. The summed E-state index contributed by atoms with van der Waals surface area (Å²) in [5.74, 6) is 2.73. The molecule has 2 heteroatoms. The third-order valence-electron chi connectivity index (χ3n) is 7.50. The van der Waals surface area contributed by atoms with E-state index in [1.54, 1.807) is 0 Å². The van der Waals surface area contributed by atoms with Crippen LogP contribution in [0.5, 0.6) is 5.75 Å². The maximum Gasteiger partial charge on any atom is 0.158 e. The Morgan fingerprint density at radius 1 is 0.742 bits per heavy atom. The van der Waals surface area contributed by atoms with E-state index >= 15 is 0 Å². The Morgan fingerprint density at radius 2 is 1.55 bits per heavy atom. The Kier molecular flexibility index (Phi) is 3.33. The van der Waals surface area contributed by atoms with Gasteiger partial charge in [-0.05, 0) is 39.8 Å². The Hall–Kier alpha value is -3.52. The van der Waals surface area contributed by atoms with Gasteiger partial charge in [0.25, 0.3) is 0 Å². The van der Waals surface area contributed by atoms with E-state index in [1.165, 1.54) is 49.9 Å². The molecule has 0 saturated heterocycles. The quantitative estimate of drug-likeness (QED) is 0.374. The predicted octanol–water partition coefficient (Wildman–Crippen LogP) is 6.92. The summed E-state index contributed by atoms with van der Waals surface area (Å²) >= 11 is 0. The highest BCUT2D eigenvalue weighted by molar-refractivity contribution is 6.08. The Labute approximate surface area is 182 Å².